The van der Waals surface area contributed by atoms with Crippen molar-refractivity contribution in [3.63, 3.8) is 0 Å². The molecular formula is C15H16IN7OS. The minimum absolute atomic E-state index is 0.137. The van der Waals surface area contributed by atoms with Gasteiger partial charge in [-0.1, -0.05) is 11.8 Å². The van der Waals surface area contributed by atoms with Crippen LogP contribution in [0.2, 0.25) is 0 Å². The standard InChI is InChI=1S/C15H16IN7OS/c1-9-7-10(2)23(21-9)14-19-20-15(22(14)17)25-8-13(24)18-12-5-3-11(16)4-6-12/h3-7H,8,17H2,1-2H3,(H,18,24). The van der Waals surface area contributed by atoms with Gasteiger partial charge in [0.1, 0.15) is 0 Å². The number of carbonyl (C=O) groups is 1. The maximum atomic E-state index is 12.1. The van der Waals surface area contributed by atoms with E-state index in [4.69, 9.17) is 5.84 Å². The normalized spacial score (nSPS) is 10.8. The monoisotopic (exact) mass is 469 g/mol. The summed E-state index contributed by atoms with van der Waals surface area (Å²) in [6, 6.07) is 9.50. The van der Waals surface area contributed by atoms with E-state index in [0.717, 1.165) is 20.6 Å². The first-order chi connectivity index (χ1) is 11.9. The average Bonchev–Trinajstić information content (AvgIpc) is 3.09. The molecule has 0 unspecified atom stereocenters. The average molecular weight is 469 g/mol. The van der Waals surface area contributed by atoms with Crippen molar-refractivity contribution < 1.29 is 4.79 Å². The van der Waals surface area contributed by atoms with Crippen LogP contribution in [0, 0.1) is 17.4 Å². The predicted molar refractivity (Wildman–Crippen MR) is 105 cm³/mol. The highest BCUT2D eigenvalue weighted by Gasteiger charge is 2.16. The predicted octanol–water partition coefficient (Wildman–Crippen LogP) is 2.13. The Morgan fingerprint density at radius 3 is 2.64 bits per heavy atom. The fourth-order valence-corrected chi connectivity index (χ4v) is 3.22. The highest BCUT2D eigenvalue weighted by molar-refractivity contribution is 14.1. The molecule has 1 aromatic carbocycles. The molecule has 3 N–H and O–H groups in total. The molecule has 0 fully saturated rings. The van der Waals surface area contributed by atoms with E-state index in [2.05, 4.69) is 43.2 Å². The minimum Gasteiger partial charge on any atom is -0.334 e. The minimum atomic E-state index is -0.137. The largest absolute Gasteiger partial charge is 0.334 e. The molecular weight excluding hydrogens is 453 g/mol. The molecule has 130 valence electrons. The molecule has 0 aliphatic rings. The van der Waals surface area contributed by atoms with Crippen LogP contribution in [-0.2, 0) is 4.79 Å². The van der Waals surface area contributed by atoms with Crippen LogP contribution >= 0.6 is 34.4 Å². The van der Waals surface area contributed by atoms with E-state index < -0.39 is 0 Å². The number of amides is 1. The van der Waals surface area contributed by atoms with Gasteiger partial charge in [0.15, 0.2) is 0 Å². The second-order valence-electron chi connectivity index (χ2n) is 5.34. The number of thioether (sulfide) groups is 1. The van der Waals surface area contributed by atoms with Crippen molar-refractivity contribution in [3.8, 4) is 5.95 Å². The fraction of sp³-hybridized carbons (Fsp3) is 0.200. The lowest BCUT2D eigenvalue weighted by Gasteiger charge is -2.06. The number of nitrogens with two attached hydrogens (primary N) is 1. The van der Waals surface area contributed by atoms with Gasteiger partial charge in [0, 0.05) is 15.0 Å². The third-order valence-corrected chi connectivity index (χ3v) is 4.97. The van der Waals surface area contributed by atoms with Gasteiger partial charge in [0.2, 0.25) is 11.1 Å². The summed E-state index contributed by atoms with van der Waals surface area (Å²) in [6.45, 7) is 3.81. The number of aromatic nitrogens is 5. The summed E-state index contributed by atoms with van der Waals surface area (Å²) in [7, 11) is 0. The number of benzene rings is 1. The summed E-state index contributed by atoms with van der Waals surface area (Å²) in [5.41, 5.74) is 2.53. The number of aryl methyl sites for hydroxylation is 2. The smallest absolute Gasteiger partial charge is 0.271 e. The van der Waals surface area contributed by atoms with Crippen molar-refractivity contribution in [1.82, 2.24) is 24.7 Å². The summed E-state index contributed by atoms with van der Waals surface area (Å²) in [5.74, 6) is 6.50. The molecule has 2 heterocycles. The maximum absolute atomic E-state index is 12.1. The quantitative estimate of drug-likeness (QED) is 0.337. The Bertz CT molecular complexity index is 903. The Morgan fingerprint density at radius 1 is 1.28 bits per heavy atom. The first-order valence-corrected chi connectivity index (χ1v) is 9.43. The van der Waals surface area contributed by atoms with Gasteiger partial charge in [-0.05, 0) is 66.8 Å². The lowest BCUT2D eigenvalue weighted by molar-refractivity contribution is -0.113. The Kier molecular flexibility index (Phi) is 5.27. The lowest BCUT2D eigenvalue weighted by atomic mass is 10.3. The van der Waals surface area contributed by atoms with Crippen molar-refractivity contribution in [1.29, 1.82) is 0 Å². The Labute approximate surface area is 162 Å². The second kappa shape index (κ2) is 7.44. The number of nitrogen functional groups attached to an aromatic ring is 1. The topological polar surface area (TPSA) is 104 Å². The van der Waals surface area contributed by atoms with E-state index in [1.807, 2.05) is 44.2 Å². The summed E-state index contributed by atoms with van der Waals surface area (Å²) >= 11 is 3.43. The van der Waals surface area contributed by atoms with Crippen molar-refractivity contribution in [2.45, 2.75) is 19.0 Å². The van der Waals surface area contributed by atoms with Crippen LogP contribution in [-0.4, -0.2) is 36.3 Å². The lowest BCUT2D eigenvalue weighted by Crippen LogP contribution is -2.18. The zero-order valence-electron chi connectivity index (χ0n) is 13.6. The summed E-state index contributed by atoms with van der Waals surface area (Å²) < 4.78 is 4.07. The molecule has 0 bridgehead atoms. The van der Waals surface area contributed by atoms with Crippen molar-refractivity contribution in [3.05, 3.63) is 45.3 Å². The van der Waals surface area contributed by atoms with Gasteiger partial charge < -0.3 is 11.2 Å². The van der Waals surface area contributed by atoms with Crippen LogP contribution < -0.4 is 11.2 Å². The molecule has 0 aliphatic heterocycles. The first-order valence-electron chi connectivity index (χ1n) is 7.36. The van der Waals surface area contributed by atoms with Gasteiger partial charge >= 0.3 is 0 Å². The van der Waals surface area contributed by atoms with Crippen LogP contribution in [0.25, 0.3) is 5.95 Å². The van der Waals surface area contributed by atoms with Gasteiger partial charge in [0.05, 0.1) is 11.4 Å². The van der Waals surface area contributed by atoms with Crippen LogP contribution in [0.4, 0.5) is 5.69 Å². The van der Waals surface area contributed by atoms with Crippen LogP contribution in [0.15, 0.2) is 35.5 Å². The van der Waals surface area contributed by atoms with Gasteiger partial charge in [-0.25, -0.2) is 9.36 Å². The molecule has 0 saturated carbocycles. The third-order valence-electron chi connectivity index (χ3n) is 3.31. The number of hydrogen-bond acceptors (Lipinski definition) is 6. The molecule has 0 saturated heterocycles. The fourth-order valence-electron chi connectivity index (χ4n) is 2.20. The van der Waals surface area contributed by atoms with Crippen molar-refractivity contribution in [2.75, 3.05) is 16.9 Å². The van der Waals surface area contributed by atoms with E-state index in [1.165, 1.54) is 16.4 Å². The number of nitrogens with one attached hydrogen (secondary N) is 1. The number of halogens is 1. The number of rotatable bonds is 5. The third kappa shape index (κ3) is 4.12. The molecule has 0 spiro atoms. The Balaban J connectivity index is 1.65. The highest BCUT2D eigenvalue weighted by atomic mass is 127. The van der Waals surface area contributed by atoms with Crippen LogP contribution in [0.3, 0.4) is 0 Å². The van der Waals surface area contributed by atoms with E-state index >= 15 is 0 Å². The van der Waals surface area contributed by atoms with E-state index in [9.17, 15) is 4.79 Å². The summed E-state index contributed by atoms with van der Waals surface area (Å²) in [5, 5.41) is 15.7. The number of anilines is 1. The number of nitrogens with zero attached hydrogens (tertiary/aromatic N) is 5. The number of carbonyl (C=O) groups excluding carboxylic acids is 1. The first kappa shape index (κ1) is 17.7. The molecule has 0 aliphatic carbocycles. The molecule has 0 radical (unpaired) electrons. The van der Waals surface area contributed by atoms with E-state index in [0.29, 0.717) is 11.1 Å². The Hall–Kier alpha value is -2.08. The van der Waals surface area contributed by atoms with Crippen LogP contribution in [0.5, 0.6) is 0 Å². The zero-order valence-corrected chi connectivity index (χ0v) is 16.6. The van der Waals surface area contributed by atoms with Crippen LogP contribution in [0.1, 0.15) is 11.4 Å². The second-order valence-corrected chi connectivity index (χ2v) is 7.52. The molecule has 1 amide bonds. The van der Waals surface area contributed by atoms with Crippen molar-refractivity contribution in [2.24, 2.45) is 0 Å². The molecule has 0 atom stereocenters. The van der Waals surface area contributed by atoms with Gasteiger partial charge in [0.25, 0.3) is 5.95 Å². The van der Waals surface area contributed by atoms with Crippen molar-refractivity contribution >= 4 is 45.9 Å². The summed E-state index contributed by atoms with van der Waals surface area (Å²) in [4.78, 5) is 12.1. The molecule has 3 aromatic rings. The molecule has 10 heteroatoms. The number of hydrogen-bond donors (Lipinski definition) is 2. The van der Waals surface area contributed by atoms with E-state index in [1.54, 1.807) is 4.68 Å². The van der Waals surface area contributed by atoms with Gasteiger partial charge in [-0.15, -0.1) is 10.2 Å². The maximum Gasteiger partial charge on any atom is 0.271 e. The zero-order chi connectivity index (χ0) is 18.0. The van der Waals surface area contributed by atoms with Gasteiger partial charge in [-0.3, -0.25) is 4.79 Å². The van der Waals surface area contributed by atoms with E-state index in [-0.39, 0.29) is 11.7 Å². The molecule has 8 nitrogen and oxygen atoms in total. The highest BCUT2D eigenvalue weighted by Crippen LogP contribution is 2.18. The summed E-state index contributed by atoms with van der Waals surface area (Å²) in [6.07, 6.45) is 0. The van der Waals surface area contributed by atoms with Gasteiger partial charge in [-0.2, -0.15) is 5.10 Å². The molecule has 25 heavy (non-hydrogen) atoms. The SMILES string of the molecule is Cc1cc(C)n(-c2nnc(SCC(=O)Nc3ccc(I)cc3)n2N)n1. The Morgan fingerprint density at radius 2 is 2.00 bits per heavy atom. The molecule has 3 rings (SSSR count). The molecule has 2 aromatic heterocycles.